The van der Waals surface area contributed by atoms with Crippen LogP contribution in [0, 0.1) is 11.6 Å². The lowest BCUT2D eigenvalue weighted by Gasteiger charge is -2.30. The summed E-state index contributed by atoms with van der Waals surface area (Å²) in [5, 5.41) is 3.10. The van der Waals surface area contributed by atoms with Crippen molar-refractivity contribution in [1.82, 2.24) is 5.32 Å². The van der Waals surface area contributed by atoms with Crippen molar-refractivity contribution in [2.45, 2.75) is 18.6 Å². The maximum absolute atomic E-state index is 13.6. The number of hydrogen-bond acceptors (Lipinski definition) is 3. The van der Waals surface area contributed by atoms with E-state index in [9.17, 15) is 8.78 Å². The van der Waals surface area contributed by atoms with E-state index < -0.39 is 11.6 Å². The Morgan fingerprint density at radius 1 is 1.44 bits per heavy atom. The Bertz CT molecular complexity index is 376. The second-order valence-corrected chi connectivity index (χ2v) is 5.43. The summed E-state index contributed by atoms with van der Waals surface area (Å²) in [4.78, 5) is 0. The van der Waals surface area contributed by atoms with Crippen LogP contribution in [0.1, 0.15) is 5.56 Å². The molecule has 0 radical (unpaired) electrons. The summed E-state index contributed by atoms with van der Waals surface area (Å²) in [6.07, 6.45) is 0.313. The normalized spacial score (nSPS) is 21.8. The minimum absolute atomic E-state index is 0.00718. The third kappa shape index (κ3) is 3.22. The molecule has 1 aliphatic heterocycles. The van der Waals surface area contributed by atoms with Crippen molar-refractivity contribution in [1.29, 1.82) is 0 Å². The van der Waals surface area contributed by atoms with Crippen molar-refractivity contribution in [3.05, 3.63) is 35.4 Å². The van der Waals surface area contributed by atoms with E-state index in [1.54, 1.807) is 7.05 Å². The van der Waals surface area contributed by atoms with E-state index in [1.165, 1.54) is 18.2 Å². The third-order valence-electron chi connectivity index (χ3n) is 3.15. The molecule has 0 aliphatic carbocycles. The van der Waals surface area contributed by atoms with Crippen molar-refractivity contribution in [2.75, 3.05) is 25.2 Å². The van der Waals surface area contributed by atoms with Crippen molar-refractivity contribution < 1.29 is 13.5 Å². The molecule has 1 N–H and O–H groups in total. The van der Waals surface area contributed by atoms with Gasteiger partial charge in [0.25, 0.3) is 0 Å². The molecule has 0 amide bonds. The van der Waals surface area contributed by atoms with Crippen LogP contribution in [-0.4, -0.2) is 37.3 Å². The number of thioether (sulfide) groups is 1. The summed E-state index contributed by atoms with van der Waals surface area (Å²) in [7, 11) is 1.80. The summed E-state index contributed by atoms with van der Waals surface area (Å²) in [5.74, 6) is 0.875. The molecule has 2 atom stereocenters. The Kier molecular flexibility index (Phi) is 4.97. The van der Waals surface area contributed by atoms with Gasteiger partial charge in [0.05, 0.1) is 12.7 Å². The van der Waals surface area contributed by atoms with Crippen LogP contribution in [0.3, 0.4) is 0 Å². The van der Waals surface area contributed by atoms with Crippen LogP contribution in [0.25, 0.3) is 0 Å². The molecule has 0 bridgehead atoms. The number of benzene rings is 1. The molecule has 2 rings (SSSR count). The first-order valence-corrected chi connectivity index (χ1v) is 7.17. The molecule has 2 unspecified atom stereocenters. The fourth-order valence-corrected chi connectivity index (χ4v) is 3.05. The second kappa shape index (κ2) is 6.50. The van der Waals surface area contributed by atoms with Gasteiger partial charge in [0.15, 0.2) is 0 Å². The molecule has 0 aromatic heterocycles. The Morgan fingerprint density at radius 3 is 2.72 bits per heavy atom. The van der Waals surface area contributed by atoms with Crippen molar-refractivity contribution in [2.24, 2.45) is 0 Å². The molecule has 0 saturated carbocycles. The van der Waals surface area contributed by atoms with Gasteiger partial charge < -0.3 is 10.1 Å². The zero-order valence-electron chi connectivity index (χ0n) is 10.3. The minimum atomic E-state index is -0.487. The van der Waals surface area contributed by atoms with Crippen LogP contribution < -0.4 is 5.32 Å². The second-order valence-electron chi connectivity index (χ2n) is 4.28. The van der Waals surface area contributed by atoms with Gasteiger partial charge in [0, 0.05) is 23.1 Å². The highest BCUT2D eigenvalue weighted by molar-refractivity contribution is 7.99. The smallest absolute Gasteiger partial charge is 0.129 e. The predicted molar refractivity (Wildman–Crippen MR) is 70.0 cm³/mol. The summed E-state index contributed by atoms with van der Waals surface area (Å²) in [6.45, 7) is 0.702. The SMILES string of the molecule is CNC(Cc1c(F)cccc1F)C1CSCCO1. The van der Waals surface area contributed by atoms with Crippen LogP contribution in [0.4, 0.5) is 8.78 Å². The van der Waals surface area contributed by atoms with Gasteiger partial charge in [-0.25, -0.2) is 8.78 Å². The Labute approximate surface area is 110 Å². The van der Waals surface area contributed by atoms with Crippen LogP contribution in [0.15, 0.2) is 18.2 Å². The largest absolute Gasteiger partial charge is 0.375 e. The predicted octanol–water partition coefficient (Wildman–Crippen LogP) is 2.23. The average Bonchev–Trinajstić information content (AvgIpc) is 2.40. The van der Waals surface area contributed by atoms with Crippen LogP contribution in [0.5, 0.6) is 0 Å². The van der Waals surface area contributed by atoms with Gasteiger partial charge >= 0.3 is 0 Å². The maximum Gasteiger partial charge on any atom is 0.129 e. The van der Waals surface area contributed by atoms with Crippen molar-refractivity contribution >= 4 is 11.8 Å². The molecule has 100 valence electrons. The van der Waals surface area contributed by atoms with E-state index >= 15 is 0 Å². The zero-order valence-corrected chi connectivity index (χ0v) is 11.1. The molecular formula is C13H17F2NOS. The molecule has 0 spiro atoms. The summed E-state index contributed by atoms with van der Waals surface area (Å²) in [5.41, 5.74) is 0.135. The lowest BCUT2D eigenvalue weighted by molar-refractivity contribution is 0.0488. The topological polar surface area (TPSA) is 21.3 Å². The van der Waals surface area contributed by atoms with Gasteiger partial charge in [-0.15, -0.1) is 0 Å². The number of hydrogen-bond donors (Lipinski definition) is 1. The number of ether oxygens (including phenoxy) is 1. The summed E-state index contributed by atoms with van der Waals surface area (Å²) >= 11 is 1.81. The van der Waals surface area contributed by atoms with E-state index in [0.29, 0.717) is 13.0 Å². The van der Waals surface area contributed by atoms with Crippen LogP contribution in [0.2, 0.25) is 0 Å². The zero-order chi connectivity index (χ0) is 13.0. The van der Waals surface area contributed by atoms with E-state index in [0.717, 1.165) is 11.5 Å². The molecular weight excluding hydrogens is 256 g/mol. The number of halogens is 2. The van der Waals surface area contributed by atoms with Gasteiger partial charge in [0.2, 0.25) is 0 Å². The van der Waals surface area contributed by atoms with Gasteiger partial charge in [-0.1, -0.05) is 6.07 Å². The van der Waals surface area contributed by atoms with Crippen molar-refractivity contribution in [3.63, 3.8) is 0 Å². The molecule has 1 heterocycles. The Hall–Kier alpha value is -0.650. The molecule has 1 aromatic rings. The Morgan fingerprint density at radius 2 is 2.17 bits per heavy atom. The standard InChI is InChI=1S/C13H17F2NOS/c1-16-12(13-8-18-6-5-17-13)7-9-10(14)3-2-4-11(9)15/h2-4,12-13,16H,5-8H2,1H3. The summed E-state index contributed by atoms with van der Waals surface area (Å²) < 4.78 is 32.9. The van der Waals surface area contributed by atoms with Gasteiger partial charge in [-0.2, -0.15) is 11.8 Å². The van der Waals surface area contributed by atoms with E-state index in [-0.39, 0.29) is 17.7 Å². The average molecular weight is 273 g/mol. The highest BCUT2D eigenvalue weighted by Crippen LogP contribution is 2.20. The van der Waals surface area contributed by atoms with Crippen LogP contribution in [-0.2, 0) is 11.2 Å². The van der Waals surface area contributed by atoms with Gasteiger partial charge in [0.1, 0.15) is 11.6 Å². The lowest BCUT2D eigenvalue weighted by Crippen LogP contribution is -2.44. The first-order chi connectivity index (χ1) is 8.72. The molecule has 18 heavy (non-hydrogen) atoms. The van der Waals surface area contributed by atoms with E-state index in [4.69, 9.17) is 4.74 Å². The first kappa shape index (κ1) is 13.8. The minimum Gasteiger partial charge on any atom is -0.375 e. The number of nitrogens with one attached hydrogen (secondary N) is 1. The fraction of sp³-hybridized carbons (Fsp3) is 0.538. The molecule has 1 saturated heterocycles. The fourth-order valence-electron chi connectivity index (χ4n) is 2.10. The Balaban J connectivity index is 2.09. The summed E-state index contributed by atoms with van der Waals surface area (Å²) in [6, 6.07) is 3.91. The first-order valence-electron chi connectivity index (χ1n) is 6.02. The maximum atomic E-state index is 13.6. The number of likely N-dealkylation sites (N-methyl/N-ethyl adjacent to an activating group) is 1. The molecule has 5 heteroatoms. The van der Waals surface area contributed by atoms with Crippen molar-refractivity contribution in [3.8, 4) is 0 Å². The molecule has 1 aliphatic rings. The lowest BCUT2D eigenvalue weighted by atomic mass is 10.0. The van der Waals surface area contributed by atoms with E-state index in [1.807, 2.05) is 11.8 Å². The third-order valence-corrected chi connectivity index (χ3v) is 4.17. The highest BCUT2D eigenvalue weighted by Gasteiger charge is 2.25. The van der Waals surface area contributed by atoms with E-state index in [2.05, 4.69) is 5.32 Å². The molecule has 2 nitrogen and oxygen atoms in total. The molecule has 1 aromatic carbocycles. The highest BCUT2D eigenvalue weighted by atomic mass is 32.2. The van der Waals surface area contributed by atoms with Gasteiger partial charge in [-0.05, 0) is 25.6 Å². The van der Waals surface area contributed by atoms with Crippen LogP contribution >= 0.6 is 11.8 Å². The quantitative estimate of drug-likeness (QED) is 0.909. The van der Waals surface area contributed by atoms with Gasteiger partial charge in [-0.3, -0.25) is 0 Å². The molecule has 1 fully saturated rings. The number of rotatable bonds is 4. The monoisotopic (exact) mass is 273 g/mol.